The minimum atomic E-state index is -4.46. The number of benzene rings is 5. The molecule has 0 spiro atoms. The molecule has 6 heteroatoms. The summed E-state index contributed by atoms with van der Waals surface area (Å²) >= 11 is 0. The van der Waals surface area contributed by atoms with Crippen molar-refractivity contribution in [3.05, 3.63) is 119 Å². The average Bonchev–Trinajstić information content (AvgIpc) is 3.54. The van der Waals surface area contributed by atoms with Gasteiger partial charge in [-0.1, -0.05) is 82.3 Å². The Kier molecular flexibility index (Phi) is 7.07. The molecule has 0 N–H and O–H groups in total. The van der Waals surface area contributed by atoms with Gasteiger partial charge in [0.15, 0.2) is 16.6 Å². The third-order valence-electron chi connectivity index (χ3n) is 9.16. The first kappa shape index (κ1) is 29.8. The Balaban J connectivity index is 1.62. The van der Waals surface area contributed by atoms with E-state index in [9.17, 15) is 13.2 Å². The van der Waals surface area contributed by atoms with Gasteiger partial charge in [0.2, 0.25) is 0 Å². The maximum Gasteiger partial charge on any atom is 0.416 e. The molecule has 0 bridgehead atoms. The van der Waals surface area contributed by atoms with Crippen LogP contribution in [0.4, 0.5) is 13.2 Å². The second-order valence-corrected chi connectivity index (χ2v) is 12.8. The third kappa shape index (κ3) is 4.70. The molecule has 5 aromatic carbocycles. The lowest BCUT2D eigenvalue weighted by Gasteiger charge is -2.21. The summed E-state index contributed by atoms with van der Waals surface area (Å²) < 4.78 is 52.0. The van der Waals surface area contributed by atoms with E-state index in [1.165, 1.54) is 28.3 Å². The molecule has 7 aromatic rings. The van der Waals surface area contributed by atoms with Crippen LogP contribution in [0.5, 0.6) is 0 Å². The Morgan fingerprint density at radius 1 is 0.717 bits per heavy atom. The van der Waals surface area contributed by atoms with Gasteiger partial charge in [0.1, 0.15) is 16.8 Å². The Morgan fingerprint density at radius 2 is 1.35 bits per heavy atom. The van der Waals surface area contributed by atoms with E-state index in [0.29, 0.717) is 11.0 Å². The molecule has 0 aliphatic rings. The highest BCUT2D eigenvalue weighted by Crippen LogP contribution is 2.43. The van der Waals surface area contributed by atoms with Crippen LogP contribution in [0.15, 0.2) is 101 Å². The van der Waals surface area contributed by atoms with Crippen molar-refractivity contribution in [2.24, 2.45) is 7.05 Å². The Labute approximate surface area is 266 Å². The molecule has 7 rings (SSSR count). The highest BCUT2D eigenvalue weighted by Gasteiger charge is 2.35. The summed E-state index contributed by atoms with van der Waals surface area (Å²) in [6, 6.07) is 31.2. The molecule has 0 atom stereocenters. The van der Waals surface area contributed by atoms with E-state index in [1.54, 1.807) is 0 Å². The molecule has 0 saturated carbocycles. The lowest BCUT2D eigenvalue weighted by molar-refractivity contribution is -0.633. The zero-order valence-electron chi connectivity index (χ0n) is 26.8. The zero-order valence-corrected chi connectivity index (χ0v) is 26.8. The standard InChI is InChI=1S/C40H36F3N2O/c1-23(2)31-20-27(26-12-8-7-9-13-26)21-32(24(3)4)37(31)45-34-15-11-10-14-33(34)44(6)39(45)36-25(5)16-18-30-29-19-17-28(40(41,42)43)22-35(29)46-38(30)36/h7-24H,1-6H3/q+1. The summed E-state index contributed by atoms with van der Waals surface area (Å²) in [6.45, 7) is 11.0. The van der Waals surface area contributed by atoms with Crippen molar-refractivity contribution in [3.63, 3.8) is 0 Å². The third-order valence-corrected chi connectivity index (χ3v) is 9.16. The van der Waals surface area contributed by atoms with Gasteiger partial charge in [0.25, 0.3) is 5.82 Å². The number of fused-ring (bicyclic) bond motifs is 4. The largest absolute Gasteiger partial charge is 0.455 e. The predicted octanol–water partition coefficient (Wildman–Crippen LogP) is 11.3. The molecule has 2 heterocycles. The van der Waals surface area contributed by atoms with Crippen LogP contribution in [0.2, 0.25) is 0 Å². The molecule has 2 aromatic heterocycles. The van der Waals surface area contributed by atoms with E-state index in [2.05, 4.69) is 98.5 Å². The van der Waals surface area contributed by atoms with Gasteiger partial charge in [-0.3, -0.25) is 0 Å². The van der Waals surface area contributed by atoms with Crippen molar-refractivity contribution in [1.29, 1.82) is 0 Å². The number of imidazole rings is 1. The van der Waals surface area contributed by atoms with E-state index < -0.39 is 11.7 Å². The van der Waals surface area contributed by atoms with Crippen LogP contribution in [-0.2, 0) is 13.2 Å². The van der Waals surface area contributed by atoms with E-state index >= 15 is 0 Å². The molecule has 232 valence electrons. The molecular formula is C40H36F3N2O+. The summed E-state index contributed by atoms with van der Waals surface area (Å²) in [5.41, 5.74) is 9.90. The van der Waals surface area contributed by atoms with Crippen LogP contribution in [-0.4, -0.2) is 4.57 Å². The Bertz CT molecular complexity index is 2240. The first-order valence-electron chi connectivity index (χ1n) is 15.7. The molecule has 0 unspecified atom stereocenters. The SMILES string of the molecule is Cc1ccc2c(oc3cc(C(F)(F)F)ccc32)c1-c1n(-c2c(C(C)C)cc(-c3ccccc3)cc2C(C)C)c2ccccc2[n+]1C. The number of para-hydroxylation sites is 2. The predicted molar refractivity (Wildman–Crippen MR) is 181 cm³/mol. The van der Waals surface area contributed by atoms with Gasteiger partial charge in [-0.2, -0.15) is 17.7 Å². The molecule has 3 nitrogen and oxygen atoms in total. The number of aromatic nitrogens is 2. The van der Waals surface area contributed by atoms with Crippen LogP contribution in [0.1, 0.15) is 61.8 Å². The van der Waals surface area contributed by atoms with Crippen LogP contribution in [0, 0.1) is 6.92 Å². The van der Waals surface area contributed by atoms with Crippen LogP contribution in [0.3, 0.4) is 0 Å². The molecule has 0 aliphatic heterocycles. The van der Waals surface area contributed by atoms with Gasteiger partial charge in [-0.05, 0) is 77.9 Å². The number of rotatable bonds is 5. The first-order chi connectivity index (χ1) is 22.0. The maximum absolute atomic E-state index is 13.7. The highest BCUT2D eigenvalue weighted by atomic mass is 19.4. The van der Waals surface area contributed by atoms with Crippen molar-refractivity contribution < 1.29 is 22.2 Å². The van der Waals surface area contributed by atoms with E-state index in [-0.39, 0.29) is 17.4 Å². The van der Waals surface area contributed by atoms with E-state index in [0.717, 1.165) is 51.2 Å². The monoisotopic (exact) mass is 617 g/mol. The number of nitrogens with zero attached hydrogens (tertiary/aromatic N) is 2. The number of hydrogen-bond donors (Lipinski definition) is 0. The van der Waals surface area contributed by atoms with Crippen LogP contribution < -0.4 is 4.57 Å². The summed E-state index contributed by atoms with van der Waals surface area (Å²) in [4.78, 5) is 0. The summed E-state index contributed by atoms with van der Waals surface area (Å²) in [6.07, 6.45) is -4.46. The molecule has 0 saturated heterocycles. The number of hydrogen-bond acceptors (Lipinski definition) is 1. The summed E-state index contributed by atoms with van der Waals surface area (Å²) in [7, 11) is 2.05. The van der Waals surface area contributed by atoms with Crippen LogP contribution in [0.25, 0.3) is 61.2 Å². The molecule has 0 fully saturated rings. The lowest BCUT2D eigenvalue weighted by Crippen LogP contribution is -2.30. The van der Waals surface area contributed by atoms with E-state index in [4.69, 9.17) is 4.42 Å². The second-order valence-electron chi connectivity index (χ2n) is 12.8. The number of furan rings is 1. The number of halogens is 3. The smallest absolute Gasteiger partial charge is 0.416 e. The normalized spacial score (nSPS) is 12.4. The summed E-state index contributed by atoms with van der Waals surface area (Å²) in [5, 5.41) is 1.45. The molecule has 46 heavy (non-hydrogen) atoms. The highest BCUT2D eigenvalue weighted by molar-refractivity contribution is 6.10. The van der Waals surface area contributed by atoms with Gasteiger partial charge in [0.05, 0.1) is 12.6 Å². The molecule has 0 aliphatic carbocycles. The lowest BCUT2D eigenvalue weighted by atomic mass is 9.88. The Morgan fingerprint density at radius 3 is 2.00 bits per heavy atom. The maximum atomic E-state index is 13.7. The fourth-order valence-electron chi connectivity index (χ4n) is 6.83. The fourth-order valence-corrected chi connectivity index (χ4v) is 6.83. The topological polar surface area (TPSA) is 21.9 Å². The van der Waals surface area contributed by atoms with Gasteiger partial charge in [-0.15, -0.1) is 0 Å². The van der Waals surface area contributed by atoms with Crippen LogP contribution >= 0.6 is 0 Å². The first-order valence-corrected chi connectivity index (χ1v) is 15.7. The van der Waals surface area contributed by atoms with Gasteiger partial charge < -0.3 is 4.42 Å². The van der Waals surface area contributed by atoms with Crippen molar-refractivity contribution >= 4 is 33.0 Å². The molecule has 0 amide bonds. The average molecular weight is 618 g/mol. The van der Waals surface area contributed by atoms with Gasteiger partial charge in [0, 0.05) is 21.9 Å². The Hall–Kier alpha value is -4.84. The summed E-state index contributed by atoms with van der Waals surface area (Å²) in [5.74, 6) is 1.33. The number of aryl methyl sites for hydroxylation is 2. The molecular weight excluding hydrogens is 581 g/mol. The van der Waals surface area contributed by atoms with Gasteiger partial charge in [-0.25, -0.2) is 4.57 Å². The van der Waals surface area contributed by atoms with Crippen molar-refractivity contribution in [2.45, 2.75) is 52.6 Å². The minimum absolute atomic E-state index is 0.208. The molecule has 0 radical (unpaired) electrons. The van der Waals surface area contributed by atoms with Crippen molar-refractivity contribution in [3.8, 4) is 28.2 Å². The van der Waals surface area contributed by atoms with Crippen molar-refractivity contribution in [2.75, 3.05) is 0 Å². The number of alkyl halides is 3. The van der Waals surface area contributed by atoms with E-state index in [1.807, 2.05) is 31.2 Å². The second kappa shape index (κ2) is 10.9. The van der Waals surface area contributed by atoms with Gasteiger partial charge >= 0.3 is 6.18 Å². The quantitative estimate of drug-likeness (QED) is 0.176. The fraction of sp³-hybridized carbons (Fsp3) is 0.225. The zero-order chi connectivity index (χ0) is 32.5. The minimum Gasteiger partial charge on any atom is -0.455 e. The van der Waals surface area contributed by atoms with Crippen molar-refractivity contribution in [1.82, 2.24) is 4.57 Å².